The van der Waals surface area contributed by atoms with Crippen molar-refractivity contribution in [3.05, 3.63) is 36.7 Å². The number of aryl methyl sites for hydroxylation is 1. The number of carbonyl (C=O) groups is 1. The van der Waals surface area contributed by atoms with Gasteiger partial charge >= 0.3 is 0 Å². The first kappa shape index (κ1) is 24.2. The van der Waals surface area contributed by atoms with Crippen LogP contribution in [0.3, 0.4) is 0 Å². The van der Waals surface area contributed by atoms with Crippen LogP contribution in [0.5, 0.6) is 5.88 Å². The van der Waals surface area contributed by atoms with Gasteiger partial charge in [0.2, 0.25) is 11.8 Å². The summed E-state index contributed by atoms with van der Waals surface area (Å²) in [5.74, 6) is 1.05. The third-order valence-corrected chi connectivity index (χ3v) is 8.04. The van der Waals surface area contributed by atoms with Crippen molar-refractivity contribution in [1.82, 2.24) is 24.8 Å². The molecule has 0 saturated carbocycles. The zero-order valence-electron chi connectivity index (χ0n) is 21.6. The first-order valence-electron chi connectivity index (χ1n) is 13.5. The van der Waals surface area contributed by atoms with Crippen LogP contribution in [0, 0.1) is 5.92 Å². The number of anilines is 1. The van der Waals surface area contributed by atoms with Crippen LogP contribution in [0.4, 0.5) is 5.69 Å². The molecule has 0 spiro atoms. The Balaban J connectivity index is 1.13. The van der Waals surface area contributed by atoms with Crippen molar-refractivity contribution in [2.75, 3.05) is 57.4 Å². The number of hydrogen-bond donors (Lipinski definition) is 1. The summed E-state index contributed by atoms with van der Waals surface area (Å²) in [7, 11) is 1.96. The molecule has 6 rings (SSSR count). The molecule has 3 saturated heterocycles. The van der Waals surface area contributed by atoms with Crippen LogP contribution in [-0.2, 0) is 16.6 Å². The molecule has 1 amide bonds. The number of amides is 1. The summed E-state index contributed by atoms with van der Waals surface area (Å²) in [4.78, 5) is 26.1. The molecule has 3 fully saturated rings. The number of hydrogen-bond acceptors (Lipinski definition) is 7. The molecule has 0 bridgehead atoms. The molecule has 1 atom stereocenters. The molecular weight excluding hydrogens is 468 g/mol. The highest BCUT2D eigenvalue weighted by atomic mass is 16.5. The van der Waals surface area contributed by atoms with Crippen molar-refractivity contribution in [2.45, 2.75) is 31.7 Å². The average molecular weight is 505 g/mol. The lowest BCUT2D eigenvalue weighted by Crippen LogP contribution is -2.51. The van der Waals surface area contributed by atoms with E-state index in [-0.39, 0.29) is 5.91 Å². The fraction of sp³-hybridized carbons (Fsp3) is 0.536. The zero-order valence-corrected chi connectivity index (χ0v) is 21.6. The SMILES string of the molecule is Cn1cnc2cc(-c3ccc(N4CCN(C5CCOCC5)CC4)cc3)nc(OCC[C@H]3CNC(=O)C3)c21. The summed E-state index contributed by atoms with van der Waals surface area (Å²) >= 11 is 0. The van der Waals surface area contributed by atoms with Gasteiger partial charge in [0.1, 0.15) is 5.52 Å². The Labute approximate surface area is 217 Å². The number of ether oxygens (including phenoxy) is 2. The lowest BCUT2D eigenvalue weighted by atomic mass is 10.1. The van der Waals surface area contributed by atoms with Crippen molar-refractivity contribution < 1.29 is 14.3 Å². The number of aromatic nitrogens is 3. The molecule has 9 heteroatoms. The number of piperazine rings is 1. The van der Waals surface area contributed by atoms with Crippen molar-refractivity contribution in [3.8, 4) is 17.1 Å². The Hall–Kier alpha value is -3.17. The summed E-state index contributed by atoms with van der Waals surface area (Å²) in [5.41, 5.74) is 4.92. The molecule has 0 unspecified atom stereocenters. The Morgan fingerprint density at radius 3 is 2.62 bits per heavy atom. The third kappa shape index (κ3) is 5.29. The first-order chi connectivity index (χ1) is 18.1. The molecule has 5 heterocycles. The van der Waals surface area contributed by atoms with Gasteiger partial charge in [-0.05, 0) is 43.4 Å². The zero-order chi connectivity index (χ0) is 25.2. The topological polar surface area (TPSA) is 84.8 Å². The van der Waals surface area contributed by atoms with E-state index in [1.54, 1.807) is 6.33 Å². The summed E-state index contributed by atoms with van der Waals surface area (Å²) < 4.78 is 13.7. The summed E-state index contributed by atoms with van der Waals surface area (Å²) in [6.07, 6.45) is 5.51. The second kappa shape index (κ2) is 10.7. The molecule has 1 N–H and O–H groups in total. The van der Waals surface area contributed by atoms with Crippen LogP contribution in [0.2, 0.25) is 0 Å². The second-order valence-electron chi connectivity index (χ2n) is 10.5. The van der Waals surface area contributed by atoms with E-state index in [0.29, 0.717) is 30.9 Å². The van der Waals surface area contributed by atoms with E-state index < -0.39 is 0 Å². The van der Waals surface area contributed by atoms with Crippen molar-refractivity contribution in [1.29, 1.82) is 0 Å². The first-order valence-corrected chi connectivity index (χ1v) is 13.5. The van der Waals surface area contributed by atoms with E-state index in [9.17, 15) is 4.79 Å². The smallest absolute Gasteiger partial charge is 0.240 e. The molecular formula is C28H36N6O3. The maximum atomic E-state index is 11.5. The number of pyridine rings is 1. The number of nitrogens with one attached hydrogen (secondary N) is 1. The Bertz CT molecular complexity index is 1230. The summed E-state index contributed by atoms with van der Waals surface area (Å²) in [6, 6.07) is 11.4. The summed E-state index contributed by atoms with van der Waals surface area (Å²) in [6.45, 7) is 7.37. The van der Waals surface area contributed by atoms with E-state index in [4.69, 9.17) is 14.5 Å². The molecule has 37 heavy (non-hydrogen) atoms. The minimum atomic E-state index is 0.129. The van der Waals surface area contributed by atoms with Gasteiger partial charge in [0, 0.05) is 76.7 Å². The standard InChI is InChI=1S/C28H36N6O3/c1-32-19-30-25-17-24(31-28(27(25)32)37-15-6-20-16-26(35)29-18-20)21-2-4-22(5-3-21)33-9-11-34(12-10-33)23-7-13-36-14-8-23/h2-5,17,19-20,23H,6-16,18H2,1H3,(H,29,35)/t20-/m1/s1. The minimum Gasteiger partial charge on any atom is -0.476 e. The van der Waals surface area contributed by atoms with Crippen LogP contribution >= 0.6 is 0 Å². The number of rotatable bonds is 7. The van der Waals surface area contributed by atoms with Gasteiger partial charge in [-0.3, -0.25) is 9.69 Å². The lowest BCUT2D eigenvalue weighted by Gasteiger charge is -2.41. The Morgan fingerprint density at radius 1 is 1.11 bits per heavy atom. The van der Waals surface area contributed by atoms with Crippen LogP contribution in [0.15, 0.2) is 36.7 Å². The fourth-order valence-corrected chi connectivity index (χ4v) is 5.82. The van der Waals surface area contributed by atoms with Gasteiger partial charge in [0.05, 0.1) is 24.1 Å². The number of benzene rings is 1. The Kier molecular flexibility index (Phi) is 6.97. The normalized spacial score (nSPS) is 21.5. The fourth-order valence-electron chi connectivity index (χ4n) is 5.82. The molecule has 3 aromatic rings. The van der Waals surface area contributed by atoms with Gasteiger partial charge < -0.3 is 24.3 Å². The highest BCUT2D eigenvalue weighted by Crippen LogP contribution is 2.30. The van der Waals surface area contributed by atoms with Crippen molar-refractivity contribution >= 4 is 22.6 Å². The summed E-state index contributed by atoms with van der Waals surface area (Å²) in [5, 5.41) is 2.89. The highest BCUT2D eigenvalue weighted by molar-refractivity contribution is 5.84. The van der Waals surface area contributed by atoms with Gasteiger partial charge in [-0.2, -0.15) is 0 Å². The highest BCUT2D eigenvalue weighted by Gasteiger charge is 2.26. The third-order valence-electron chi connectivity index (χ3n) is 8.04. The van der Waals surface area contributed by atoms with Crippen molar-refractivity contribution in [3.63, 3.8) is 0 Å². The molecule has 0 aliphatic carbocycles. The average Bonchev–Trinajstić information content (AvgIpc) is 3.54. The van der Waals surface area contributed by atoms with E-state index in [2.05, 4.69) is 44.4 Å². The molecule has 2 aromatic heterocycles. The number of carbonyl (C=O) groups excluding carboxylic acids is 1. The predicted octanol–water partition coefficient (Wildman–Crippen LogP) is 2.84. The molecule has 3 aliphatic rings. The molecule has 3 aliphatic heterocycles. The van der Waals surface area contributed by atoms with Crippen LogP contribution in [-0.4, -0.2) is 83.9 Å². The van der Waals surface area contributed by atoms with E-state index >= 15 is 0 Å². The maximum Gasteiger partial charge on any atom is 0.240 e. The molecule has 9 nitrogen and oxygen atoms in total. The van der Waals surface area contributed by atoms with E-state index in [0.717, 1.165) is 87.5 Å². The van der Waals surface area contributed by atoms with Crippen LogP contribution in [0.25, 0.3) is 22.3 Å². The van der Waals surface area contributed by atoms with Crippen LogP contribution in [0.1, 0.15) is 25.7 Å². The largest absolute Gasteiger partial charge is 0.476 e. The van der Waals surface area contributed by atoms with E-state index in [1.165, 1.54) is 5.69 Å². The van der Waals surface area contributed by atoms with Gasteiger partial charge in [-0.25, -0.2) is 9.97 Å². The predicted molar refractivity (Wildman–Crippen MR) is 143 cm³/mol. The van der Waals surface area contributed by atoms with Gasteiger partial charge in [-0.1, -0.05) is 12.1 Å². The van der Waals surface area contributed by atoms with Gasteiger partial charge in [0.15, 0.2) is 0 Å². The monoisotopic (exact) mass is 504 g/mol. The quantitative estimate of drug-likeness (QED) is 0.530. The van der Waals surface area contributed by atoms with Gasteiger partial charge in [0.25, 0.3) is 0 Å². The lowest BCUT2D eigenvalue weighted by molar-refractivity contribution is -0.119. The molecule has 1 aromatic carbocycles. The van der Waals surface area contributed by atoms with Crippen LogP contribution < -0.4 is 15.0 Å². The van der Waals surface area contributed by atoms with Crippen molar-refractivity contribution in [2.24, 2.45) is 13.0 Å². The Morgan fingerprint density at radius 2 is 1.89 bits per heavy atom. The number of nitrogens with zero attached hydrogens (tertiary/aromatic N) is 5. The number of imidazole rings is 1. The van der Waals surface area contributed by atoms with Gasteiger partial charge in [-0.15, -0.1) is 0 Å². The molecule has 196 valence electrons. The van der Waals surface area contributed by atoms with E-state index in [1.807, 2.05) is 17.7 Å². The second-order valence-corrected chi connectivity index (χ2v) is 10.5. The maximum absolute atomic E-state index is 11.5. The minimum absolute atomic E-state index is 0.129. The molecule has 0 radical (unpaired) electrons. The number of fused-ring (bicyclic) bond motifs is 1.